The van der Waals surface area contributed by atoms with Crippen molar-refractivity contribution in [2.24, 2.45) is 0 Å². The molecule has 1 saturated heterocycles. The van der Waals surface area contributed by atoms with Crippen LogP contribution in [0.4, 0.5) is 0 Å². The summed E-state index contributed by atoms with van der Waals surface area (Å²) in [6.07, 6.45) is 4.44. The average Bonchev–Trinajstić information content (AvgIpc) is 3.38. The van der Waals surface area contributed by atoms with Crippen LogP contribution in [0, 0.1) is 0 Å². The normalized spacial score (nSPS) is 14.6. The molecule has 0 unspecified atom stereocenters. The number of rotatable bonds is 4. The Kier molecular flexibility index (Phi) is 7.18. The van der Waals surface area contributed by atoms with E-state index in [1.54, 1.807) is 12.5 Å². The van der Waals surface area contributed by atoms with E-state index in [4.69, 9.17) is 14.3 Å². The van der Waals surface area contributed by atoms with Gasteiger partial charge in [0, 0.05) is 43.9 Å². The Labute approximate surface area is 168 Å². The molecular formula is C21H24N4O4. The van der Waals surface area contributed by atoms with Crippen molar-refractivity contribution in [1.29, 1.82) is 0 Å². The van der Waals surface area contributed by atoms with Gasteiger partial charge in [0.15, 0.2) is 0 Å². The topological polar surface area (TPSA) is 103 Å². The molecule has 0 spiro atoms. The van der Waals surface area contributed by atoms with Crippen LogP contribution in [0.1, 0.15) is 22.5 Å². The smallest absolute Gasteiger partial charge is 0.290 e. The second kappa shape index (κ2) is 10.2. The van der Waals surface area contributed by atoms with E-state index < -0.39 is 0 Å². The number of furan rings is 1. The molecule has 29 heavy (non-hydrogen) atoms. The number of carboxylic acid groups (broad SMARTS) is 1. The Morgan fingerprint density at radius 2 is 1.97 bits per heavy atom. The number of carbonyl (C=O) groups is 2. The third-order valence-corrected chi connectivity index (χ3v) is 4.74. The molecule has 0 atom stereocenters. The van der Waals surface area contributed by atoms with Crippen molar-refractivity contribution in [3.05, 3.63) is 66.2 Å². The van der Waals surface area contributed by atoms with Gasteiger partial charge in [-0.25, -0.2) is 0 Å². The largest absolute Gasteiger partial charge is 0.483 e. The molecule has 1 aromatic carbocycles. The summed E-state index contributed by atoms with van der Waals surface area (Å²) in [6.45, 7) is 3.93. The van der Waals surface area contributed by atoms with Crippen LogP contribution in [0.5, 0.6) is 0 Å². The van der Waals surface area contributed by atoms with Crippen LogP contribution in [0.2, 0.25) is 0 Å². The third-order valence-electron chi connectivity index (χ3n) is 4.74. The van der Waals surface area contributed by atoms with Gasteiger partial charge in [-0.15, -0.1) is 0 Å². The van der Waals surface area contributed by atoms with Crippen molar-refractivity contribution in [3.8, 4) is 11.3 Å². The summed E-state index contributed by atoms with van der Waals surface area (Å²) in [5, 5.41) is 14.1. The summed E-state index contributed by atoms with van der Waals surface area (Å²) >= 11 is 0. The number of benzene rings is 1. The van der Waals surface area contributed by atoms with E-state index in [2.05, 4.69) is 15.1 Å². The van der Waals surface area contributed by atoms with Gasteiger partial charge in [-0.05, 0) is 18.6 Å². The highest BCUT2D eigenvalue weighted by atomic mass is 16.3. The lowest BCUT2D eigenvalue weighted by Crippen LogP contribution is -2.35. The van der Waals surface area contributed by atoms with E-state index in [-0.39, 0.29) is 12.4 Å². The monoisotopic (exact) mass is 396 g/mol. The van der Waals surface area contributed by atoms with Crippen LogP contribution >= 0.6 is 0 Å². The van der Waals surface area contributed by atoms with Gasteiger partial charge in [0.1, 0.15) is 5.69 Å². The molecule has 1 amide bonds. The van der Waals surface area contributed by atoms with Gasteiger partial charge in [-0.3, -0.25) is 19.6 Å². The van der Waals surface area contributed by atoms with Crippen LogP contribution in [-0.4, -0.2) is 63.7 Å². The molecule has 152 valence electrons. The second-order valence-electron chi connectivity index (χ2n) is 6.69. The zero-order valence-electron chi connectivity index (χ0n) is 16.0. The Hall–Kier alpha value is -3.39. The predicted octanol–water partition coefficient (Wildman–Crippen LogP) is 2.72. The van der Waals surface area contributed by atoms with Crippen molar-refractivity contribution < 1.29 is 19.1 Å². The highest BCUT2D eigenvalue weighted by molar-refractivity contribution is 5.93. The quantitative estimate of drug-likeness (QED) is 0.658. The van der Waals surface area contributed by atoms with Crippen molar-refractivity contribution >= 4 is 12.4 Å². The first-order valence-electron chi connectivity index (χ1n) is 9.42. The molecule has 2 aromatic heterocycles. The standard InChI is InChI=1S/C20H22N4O2.CH2O2/c25-20(19-13-18(21-22-19)17-5-2-1-3-6-17)24-9-4-8-23(10-11-24)14-16-7-12-26-15-16;2-1-3/h1-3,5-7,12-13,15H,4,8-11,14H2,(H,21,22);1H,(H,2,3). The minimum absolute atomic E-state index is 0.0184. The number of hydrogen-bond donors (Lipinski definition) is 2. The van der Waals surface area contributed by atoms with Gasteiger partial charge in [0.25, 0.3) is 12.4 Å². The molecule has 8 nitrogen and oxygen atoms in total. The van der Waals surface area contributed by atoms with Crippen molar-refractivity contribution in [1.82, 2.24) is 20.0 Å². The number of H-pyrrole nitrogens is 1. The SMILES string of the molecule is O=C(c1cc(-c2ccccc2)n[nH]1)N1CCCN(Cc2ccoc2)CC1.O=CO. The van der Waals surface area contributed by atoms with Gasteiger partial charge in [-0.1, -0.05) is 30.3 Å². The summed E-state index contributed by atoms with van der Waals surface area (Å²) in [6, 6.07) is 13.7. The fourth-order valence-corrected chi connectivity index (χ4v) is 3.33. The molecule has 2 N–H and O–H groups in total. The lowest BCUT2D eigenvalue weighted by Gasteiger charge is -2.21. The highest BCUT2D eigenvalue weighted by Gasteiger charge is 2.22. The lowest BCUT2D eigenvalue weighted by molar-refractivity contribution is -0.122. The fraction of sp³-hybridized carbons (Fsp3) is 0.286. The molecule has 0 bridgehead atoms. The first kappa shape index (κ1) is 20.3. The van der Waals surface area contributed by atoms with E-state index in [1.165, 1.54) is 5.56 Å². The summed E-state index contributed by atoms with van der Waals surface area (Å²) in [7, 11) is 0. The first-order chi connectivity index (χ1) is 14.2. The Morgan fingerprint density at radius 1 is 1.17 bits per heavy atom. The molecule has 0 aliphatic carbocycles. The molecule has 0 saturated carbocycles. The average molecular weight is 396 g/mol. The molecule has 0 radical (unpaired) electrons. The molecule has 1 aliphatic rings. The number of nitrogens with zero attached hydrogens (tertiary/aromatic N) is 3. The van der Waals surface area contributed by atoms with Gasteiger partial charge < -0.3 is 14.4 Å². The Morgan fingerprint density at radius 3 is 2.69 bits per heavy atom. The Bertz CT molecular complexity index is 893. The number of aromatic amines is 1. The maximum absolute atomic E-state index is 12.8. The van der Waals surface area contributed by atoms with E-state index in [0.29, 0.717) is 5.69 Å². The minimum Gasteiger partial charge on any atom is -0.483 e. The van der Waals surface area contributed by atoms with Gasteiger partial charge >= 0.3 is 0 Å². The molecule has 3 aromatic rings. The van der Waals surface area contributed by atoms with Crippen LogP contribution in [0.15, 0.2) is 59.4 Å². The van der Waals surface area contributed by atoms with E-state index in [9.17, 15) is 4.79 Å². The molecule has 4 rings (SSSR count). The van der Waals surface area contributed by atoms with Gasteiger partial charge in [0.05, 0.1) is 18.2 Å². The summed E-state index contributed by atoms with van der Waals surface area (Å²) in [4.78, 5) is 25.5. The number of aromatic nitrogens is 2. The number of carbonyl (C=O) groups excluding carboxylic acids is 1. The van der Waals surface area contributed by atoms with E-state index in [1.807, 2.05) is 47.4 Å². The lowest BCUT2D eigenvalue weighted by atomic mass is 10.1. The predicted molar refractivity (Wildman–Crippen MR) is 107 cm³/mol. The van der Waals surface area contributed by atoms with Crippen LogP contribution in [-0.2, 0) is 11.3 Å². The maximum atomic E-state index is 12.8. The molecule has 1 fully saturated rings. The minimum atomic E-state index is -0.250. The molecule has 1 aliphatic heterocycles. The van der Waals surface area contributed by atoms with E-state index >= 15 is 0 Å². The van der Waals surface area contributed by atoms with Crippen molar-refractivity contribution in [2.45, 2.75) is 13.0 Å². The molecule has 8 heteroatoms. The first-order valence-corrected chi connectivity index (χ1v) is 9.42. The number of hydrogen-bond acceptors (Lipinski definition) is 5. The number of amides is 1. The summed E-state index contributed by atoms with van der Waals surface area (Å²) in [5.41, 5.74) is 3.52. The van der Waals surface area contributed by atoms with Gasteiger partial charge in [0.2, 0.25) is 0 Å². The van der Waals surface area contributed by atoms with Crippen LogP contribution in [0.3, 0.4) is 0 Å². The summed E-state index contributed by atoms with van der Waals surface area (Å²) < 4.78 is 5.14. The molecule has 3 heterocycles. The van der Waals surface area contributed by atoms with Gasteiger partial charge in [-0.2, -0.15) is 5.10 Å². The molecular weight excluding hydrogens is 372 g/mol. The summed E-state index contributed by atoms with van der Waals surface area (Å²) in [5.74, 6) is 0.0184. The van der Waals surface area contributed by atoms with Crippen LogP contribution in [0.25, 0.3) is 11.3 Å². The van der Waals surface area contributed by atoms with Crippen molar-refractivity contribution in [2.75, 3.05) is 26.2 Å². The second-order valence-corrected chi connectivity index (χ2v) is 6.69. The number of nitrogens with one attached hydrogen (secondary N) is 1. The highest BCUT2D eigenvalue weighted by Crippen LogP contribution is 2.18. The van der Waals surface area contributed by atoms with E-state index in [0.717, 1.165) is 50.4 Å². The zero-order valence-corrected chi connectivity index (χ0v) is 16.0. The van der Waals surface area contributed by atoms with Crippen LogP contribution < -0.4 is 0 Å². The zero-order chi connectivity index (χ0) is 20.5. The fourth-order valence-electron chi connectivity index (χ4n) is 3.33. The maximum Gasteiger partial charge on any atom is 0.290 e. The van der Waals surface area contributed by atoms with Crippen molar-refractivity contribution in [3.63, 3.8) is 0 Å². The third kappa shape index (κ3) is 5.55. The Balaban J connectivity index is 0.000000755.